The second-order valence-electron chi connectivity index (χ2n) is 5.89. The summed E-state index contributed by atoms with van der Waals surface area (Å²) >= 11 is 0. The highest BCUT2D eigenvalue weighted by molar-refractivity contribution is 7.90. The molecule has 0 saturated carbocycles. The molecule has 6 heteroatoms. The van der Waals surface area contributed by atoms with E-state index in [2.05, 4.69) is 5.32 Å². The quantitative estimate of drug-likeness (QED) is 0.787. The van der Waals surface area contributed by atoms with E-state index in [1.165, 1.54) is 6.07 Å². The summed E-state index contributed by atoms with van der Waals surface area (Å²) in [6.45, 7) is 1.85. The van der Waals surface area contributed by atoms with Gasteiger partial charge in [-0.1, -0.05) is 36.4 Å². The van der Waals surface area contributed by atoms with E-state index in [1.807, 2.05) is 13.0 Å². The molecule has 0 unspecified atom stereocenters. The molecule has 0 aliphatic rings. The van der Waals surface area contributed by atoms with Crippen molar-refractivity contribution in [1.29, 1.82) is 0 Å². The van der Waals surface area contributed by atoms with E-state index in [0.29, 0.717) is 5.69 Å². The summed E-state index contributed by atoms with van der Waals surface area (Å²) < 4.78 is 22.9. The number of amides is 1. The summed E-state index contributed by atoms with van der Waals surface area (Å²) in [5, 5.41) is 12.6. The summed E-state index contributed by atoms with van der Waals surface area (Å²) in [4.78, 5) is 12.7. The van der Waals surface area contributed by atoms with Crippen LogP contribution in [-0.4, -0.2) is 31.4 Å². The molecule has 0 aromatic heterocycles. The molecule has 0 bridgehead atoms. The zero-order valence-corrected chi connectivity index (χ0v) is 14.5. The largest absolute Gasteiger partial charge is 0.506 e. The lowest BCUT2D eigenvalue weighted by molar-refractivity contribution is -0.117. The van der Waals surface area contributed by atoms with Gasteiger partial charge in [0.25, 0.3) is 0 Å². The Morgan fingerprint density at radius 3 is 2.46 bits per heavy atom. The van der Waals surface area contributed by atoms with Crippen molar-refractivity contribution in [3.8, 4) is 5.75 Å². The van der Waals surface area contributed by atoms with Gasteiger partial charge in [-0.3, -0.25) is 4.79 Å². The first-order valence-corrected chi connectivity index (χ1v) is 9.65. The van der Waals surface area contributed by atoms with Crippen molar-refractivity contribution < 1.29 is 18.3 Å². The lowest BCUT2D eigenvalue weighted by Crippen LogP contribution is -2.23. The van der Waals surface area contributed by atoms with Crippen molar-refractivity contribution in [2.45, 2.75) is 19.3 Å². The Balaban J connectivity index is 2.25. The minimum absolute atomic E-state index is 0.0242. The summed E-state index contributed by atoms with van der Waals surface area (Å²) in [5.41, 5.74) is 1.96. The third-order valence-electron chi connectivity index (χ3n) is 3.71. The molecular weight excluding hydrogens is 326 g/mol. The van der Waals surface area contributed by atoms with Gasteiger partial charge in [0.15, 0.2) is 0 Å². The Hall–Kier alpha value is -2.34. The Labute approximate surface area is 142 Å². The van der Waals surface area contributed by atoms with Crippen LogP contribution < -0.4 is 5.32 Å². The van der Waals surface area contributed by atoms with Crippen LogP contribution in [0, 0.1) is 6.92 Å². The van der Waals surface area contributed by atoms with Crippen molar-refractivity contribution >= 4 is 21.4 Å². The number of aryl methyl sites for hydroxylation is 1. The van der Waals surface area contributed by atoms with Gasteiger partial charge in [-0.25, -0.2) is 8.42 Å². The predicted octanol–water partition coefficient (Wildman–Crippen LogP) is 2.86. The number of carbonyl (C=O) groups is 1. The summed E-state index contributed by atoms with van der Waals surface area (Å²) in [6.07, 6.45) is 1.33. The van der Waals surface area contributed by atoms with Gasteiger partial charge in [0, 0.05) is 6.26 Å². The summed E-state index contributed by atoms with van der Waals surface area (Å²) in [7, 11) is -3.18. The summed E-state index contributed by atoms with van der Waals surface area (Å²) in [6, 6.07) is 14.0. The maximum atomic E-state index is 12.7. The Morgan fingerprint density at radius 2 is 1.83 bits per heavy atom. The van der Waals surface area contributed by atoms with Gasteiger partial charge in [0.05, 0.1) is 17.4 Å². The number of anilines is 1. The maximum absolute atomic E-state index is 12.7. The minimum atomic E-state index is -3.18. The maximum Gasteiger partial charge on any atom is 0.232 e. The molecule has 2 aromatic rings. The van der Waals surface area contributed by atoms with E-state index in [-0.39, 0.29) is 23.8 Å². The third-order valence-corrected chi connectivity index (χ3v) is 4.68. The normalized spacial score (nSPS) is 12.6. The molecule has 24 heavy (non-hydrogen) atoms. The highest BCUT2D eigenvalue weighted by Crippen LogP contribution is 2.27. The smallest absolute Gasteiger partial charge is 0.232 e. The Kier molecular flexibility index (Phi) is 5.62. The second kappa shape index (κ2) is 7.49. The summed E-state index contributed by atoms with van der Waals surface area (Å²) in [5.74, 6) is -1.06. The molecule has 1 atom stereocenters. The van der Waals surface area contributed by atoms with Crippen LogP contribution in [-0.2, 0) is 14.6 Å². The van der Waals surface area contributed by atoms with E-state index in [4.69, 9.17) is 0 Å². The van der Waals surface area contributed by atoms with Crippen molar-refractivity contribution in [1.82, 2.24) is 0 Å². The van der Waals surface area contributed by atoms with Gasteiger partial charge in [0.1, 0.15) is 15.6 Å². The number of hydrogen-bond donors (Lipinski definition) is 2. The monoisotopic (exact) mass is 347 g/mol. The number of benzene rings is 2. The molecule has 0 heterocycles. The van der Waals surface area contributed by atoms with Crippen molar-refractivity contribution in [3.05, 3.63) is 59.7 Å². The fraction of sp³-hybridized carbons (Fsp3) is 0.278. The molecule has 0 aliphatic heterocycles. The standard InChI is InChI=1S/C18H21NO4S/c1-13-8-9-17(20)16(12-13)19-18(21)15(10-11-24(2,22)23)14-6-4-3-5-7-14/h3-9,12,15,20H,10-11H2,1-2H3,(H,19,21)/t15-/m1/s1. The average molecular weight is 347 g/mol. The van der Waals surface area contributed by atoms with Crippen molar-refractivity contribution in [2.24, 2.45) is 0 Å². The predicted molar refractivity (Wildman–Crippen MR) is 95.0 cm³/mol. The Morgan fingerprint density at radius 1 is 1.17 bits per heavy atom. The van der Waals surface area contributed by atoms with Gasteiger partial charge in [-0.15, -0.1) is 0 Å². The number of phenols is 1. The molecule has 2 aromatic carbocycles. The molecule has 5 nitrogen and oxygen atoms in total. The van der Waals surface area contributed by atoms with Gasteiger partial charge >= 0.3 is 0 Å². The number of sulfone groups is 1. The van der Waals surface area contributed by atoms with E-state index < -0.39 is 15.8 Å². The van der Waals surface area contributed by atoms with E-state index >= 15 is 0 Å². The van der Waals surface area contributed by atoms with E-state index in [9.17, 15) is 18.3 Å². The number of aromatic hydroxyl groups is 1. The van der Waals surface area contributed by atoms with Crippen LogP contribution in [0.4, 0.5) is 5.69 Å². The zero-order valence-electron chi connectivity index (χ0n) is 13.7. The van der Waals surface area contributed by atoms with Crippen LogP contribution in [0.1, 0.15) is 23.5 Å². The van der Waals surface area contributed by atoms with Crippen LogP contribution >= 0.6 is 0 Å². The molecular formula is C18H21NO4S. The molecule has 0 saturated heterocycles. The number of rotatable bonds is 6. The molecule has 0 aliphatic carbocycles. The van der Waals surface area contributed by atoms with Gasteiger partial charge in [0.2, 0.25) is 5.91 Å². The fourth-order valence-electron chi connectivity index (χ4n) is 2.44. The number of hydrogen-bond acceptors (Lipinski definition) is 4. The van der Waals surface area contributed by atoms with Crippen molar-refractivity contribution in [3.63, 3.8) is 0 Å². The molecule has 0 radical (unpaired) electrons. The van der Waals surface area contributed by atoms with Crippen LogP contribution in [0.3, 0.4) is 0 Å². The van der Waals surface area contributed by atoms with Gasteiger partial charge in [-0.2, -0.15) is 0 Å². The zero-order chi connectivity index (χ0) is 17.7. The molecule has 2 N–H and O–H groups in total. The minimum Gasteiger partial charge on any atom is -0.506 e. The fourth-order valence-corrected chi connectivity index (χ4v) is 3.10. The second-order valence-corrected chi connectivity index (χ2v) is 8.15. The van der Waals surface area contributed by atoms with E-state index in [1.54, 1.807) is 36.4 Å². The molecule has 0 fully saturated rings. The van der Waals surface area contributed by atoms with Gasteiger partial charge in [-0.05, 0) is 36.6 Å². The first kappa shape index (κ1) is 18.0. The average Bonchev–Trinajstić information content (AvgIpc) is 2.51. The van der Waals surface area contributed by atoms with E-state index in [0.717, 1.165) is 17.4 Å². The SMILES string of the molecule is Cc1ccc(O)c(NC(=O)[C@H](CCS(C)(=O)=O)c2ccccc2)c1. The van der Waals surface area contributed by atoms with Crippen LogP contribution in [0.5, 0.6) is 5.75 Å². The first-order valence-electron chi connectivity index (χ1n) is 7.59. The highest BCUT2D eigenvalue weighted by atomic mass is 32.2. The topological polar surface area (TPSA) is 83.5 Å². The third kappa shape index (κ3) is 5.09. The lowest BCUT2D eigenvalue weighted by atomic mass is 9.95. The number of carbonyl (C=O) groups excluding carboxylic acids is 1. The molecule has 1 amide bonds. The van der Waals surface area contributed by atoms with Crippen molar-refractivity contribution in [2.75, 3.05) is 17.3 Å². The molecule has 128 valence electrons. The molecule has 2 rings (SSSR count). The molecule has 0 spiro atoms. The number of phenolic OH excluding ortho intramolecular Hbond substituents is 1. The Bertz CT molecular complexity index is 816. The van der Waals surface area contributed by atoms with Gasteiger partial charge < -0.3 is 10.4 Å². The highest BCUT2D eigenvalue weighted by Gasteiger charge is 2.23. The van der Waals surface area contributed by atoms with Crippen LogP contribution in [0.15, 0.2) is 48.5 Å². The van der Waals surface area contributed by atoms with Crippen LogP contribution in [0.25, 0.3) is 0 Å². The first-order chi connectivity index (χ1) is 11.3. The number of nitrogens with one attached hydrogen (secondary N) is 1. The van der Waals surface area contributed by atoms with Crippen LogP contribution in [0.2, 0.25) is 0 Å². The lowest BCUT2D eigenvalue weighted by Gasteiger charge is -2.17.